The van der Waals surface area contributed by atoms with Gasteiger partial charge in [-0.2, -0.15) is 11.3 Å². The van der Waals surface area contributed by atoms with Gasteiger partial charge in [0.05, 0.1) is 5.69 Å². The number of hydrogen-bond acceptors (Lipinski definition) is 5. The van der Waals surface area contributed by atoms with Crippen LogP contribution in [0.4, 0.5) is 0 Å². The summed E-state index contributed by atoms with van der Waals surface area (Å²) in [5.41, 5.74) is 8.82. The molecule has 0 aliphatic carbocycles. The molecule has 0 atom stereocenters. The van der Waals surface area contributed by atoms with Gasteiger partial charge in [0.2, 0.25) is 0 Å². The number of thiophene rings is 1. The van der Waals surface area contributed by atoms with Crippen molar-refractivity contribution in [1.29, 1.82) is 0 Å². The Hall–Kier alpha value is -1.69. The highest BCUT2D eigenvalue weighted by molar-refractivity contribution is 7.14. The summed E-state index contributed by atoms with van der Waals surface area (Å²) in [6.45, 7) is 1.00. The molecule has 20 heavy (non-hydrogen) atoms. The van der Waals surface area contributed by atoms with Gasteiger partial charge in [-0.05, 0) is 29.1 Å². The molecule has 3 nitrogen and oxygen atoms in total. The fourth-order valence-corrected chi connectivity index (χ4v) is 3.33. The van der Waals surface area contributed by atoms with Gasteiger partial charge >= 0.3 is 0 Å². The predicted molar refractivity (Wildman–Crippen MR) is 84.1 cm³/mol. The number of ether oxygens (including phenoxy) is 1. The molecule has 0 fully saturated rings. The van der Waals surface area contributed by atoms with Gasteiger partial charge in [-0.15, -0.1) is 11.3 Å². The van der Waals surface area contributed by atoms with E-state index in [1.54, 1.807) is 22.7 Å². The average molecular weight is 302 g/mol. The molecule has 0 saturated carbocycles. The smallest absolute Gasteiger partial charge is 0.131 e. The van der Waals surface area contributed by atoms with Crippen molar-refractivity contribution in [2.24, 2.45) is 5.73 Å². The summed E-state index contributed by atoms with van der Waals surface area (Å²) >= 11 is 3.33. The molecule has 3 aromatic rings. The summed E-state index contributed by atoms with van der Waals surface area (Å²) in [6.07, 6.45) is 0. The third-order valence-corrected chi connectivity index (χ3v) is 4.46. The summed E-state index contributed by atoms with van der Waals surface area (Å²) in [7, 11) is 0. The number of nitrogens with zero attached hydrogens (tertiary/aromatic N) is 1. The molecular formula is C15H14N2OS2. The highest BCUT2D eigenvalue weighted by atomic mass is 32.1. The Labute approximate surface area is 125 Å². The zero-order chi connectivity index (χ0) is 13.8. The van der Waals surface area contributed by atoms with Gasteiger partial charge in [0.15, 0.2) is 0 Å². The van der Waals surface area contributed by atoms with Crippen molar-refractivity contribution in [2.75, 3.05) is 0 Å². The summed E-state index contributed by atoms with van der Waals surface area (Å²) in [5, 5.41) is 7.25. The van der Waals surface area contributed by atoms with Crippen molar-refractivity contribution >= 4 is 22.7 Å². The van der Waals surface area contributed by atoms with E-state index >= 15 is 0 Å². The highest BCUT2D eigenvalue weighted by Crippen LogP contribution is 2.26. The molecule has 2 aromatic heterocycles. The molecule has 0 amide bonds. The highest BCUT2D eigenvalue weighted by Gasteiger charge is 2.05. The monoisotopic (exact) mass is 302 g/mol. The average Bonchev–Trinajstić information content (AvgIpc) is 3.16. The van der Waals surface area contributed by atoms with E-state index in [0.717, 1.165) is 22.0 Å². The Morgan fingerprint density at radius 1 is 1.20 bits per heavy atom. The van der Waals surface area contributed by atoms with E-state index in [4.69, 9.17) is 10.5 Å². The molecule has 0 spiro atoms. The largest absolute Gasteiger partial charge is 0.487 e. The summed E-state index contributed by atoms with van der Waals surface area (Å²) < 4.78 is 5.76. The van der Waals surface area contributed by atoms with Gasteiger partial charge in [-0.1, -0.05) is 12.1 Å². The maximum Gasteiger partial charge on any atom is 0.131 e. The van der Waals surface area contributed by atoms with E-state index in [-0.39, 0.29) is 0 Å². The van der Waals surface area contributed by atoms with Gasteiger partial charge in [0.25, 0.3) is 0 Å². The standard InChI is InChI=1S/C15H14N2OS2/c16-7-11-2-1-3-14(6-11)18-8-13-10-20-15(17-13)12-4-5-19-9-12/h1-6,9-10H,7-8,16H2. The minimum absolute atomic E-state index is 0.481. The van der Waals surface area contributed by atoms with Crippen LogP contribution >= 0.6 is 22.7 Å². The van der Waals surface area contributed by atoms with E-state index in [1.807, 2.05) is 29.6 Å². The maximum atomic E-state index is 5.76. The SMILES string of the molecule is NCc1cccc(OCc2csc(-c3ccsc3)n2)c1. The third-order valence-electron chi connectivity index (χ3n) is 2.84. The van der Waals surface area contributed by atoms with E-state index in [1.165, 1.54) is 5.56 Å². The third kappa shape index (κ3) is 3.07. The molecule has 0 aliphatic rings. The zero-order valence-electron chi connectivity index (χ0n) is 10.8. The van der Waals surface area contributed by atoms with Gasteiger partial charge in [0.1, 0.15) is 17.4 Å². The molecule has 1 aromatic carbocycles. The Morgan fingerprint density at radius 2 is 2.15 bits per heavy atom. The Morgan fingerprint density at radius 3 is 2.95 bits per heavy atom. The summed E-state index contributed by atoms with van der Waals surface area (Å²) in [5.74, 6) is 0.832. The first kappa shape index (κ1) is 13.3. The number of thiazole rings is 1. The number of rotatable bonds is 5. The molecule has 0 aliphatic heterocycles. The molecule has 2 heterocycles. The molecular weight excluding hydrogens is 288 g/mol. The van der Waals surface area contributed by atoms with Crippen LogP contribution < -0.4 is 10.5 Å². The maximum absolute atomic E-state index is 5.76. The van der Waals surface area contributed by atoms with Crippen molar-refractivity contribution in [3.05, 3.63) is 57.7 Å². The first-order valence-electron chi connectivity index (χ1n) is 6.24. The minimum atomic E-state index is 0.481. The van der Waals surface area contributed by atoms with Crippen LogP contribution in [0.3, 0.4) is 0 Å². The Bertz CT molecular complexity index is 677. The molecule has 0 saturated heterocycles. The number of aromatic nitrogens is 1. The van der Waals surface area contributed by atoms with Gasteiger partial charge < -0.3 is 10.5 Å². The van der Waals surface area contributed by atoms with Gasteiger partial charge in [0, 0.05) is 22.9 Å². The number of hydrogen-bond donors (Lipinski definition) is 1. The number of nitrogens with two attached hydrogens (primary N) is 1. The lowest BCUT2D eigenvalue weighted by atomic mass is 10.2. The lowest BCUT2D eigenvalue weighted by molar-refractivity contribution is 0.302. The quantitative estimate of drug-likeness (QED) is 0.777. The van der Waals surface area contributed by atoms with Crippen molar-refractivity contribution in [3.63, 3.8) is 0 Å². The Kier molecular flexibility index (Phi) is 4.11. The lowest BCUT2D eigenvalue weighted by Crippen LogP contribution is -1.99. The molecule has 0 radical (unpaired) electrons. The normalized spacial score (nSPS) is 10.7. The van der Waals surface area contributed by atoms with E-state index in [0.29, 0.717) is 13.2 Å². The van der Waals surface area contributed by atoms with Crippen molar-refractivity contribution in [3.8, 4) is 16.3 Å². The molecule has 3 rings (SSSR count). The van der Waals surface area contributed by atoms with Crippen LogP contribution in [0.2, 0.25) is 0 Å². The van der Waals surface area contributed by atoms with Crippen molar-refractivity contribution in [1.82, 2.24) is 4.98 Å². The number of benzene rings is 1. The fraction of sp³-hybridized carbons (Fsp3) is 0.133. The van der Waals surface area contributed by atoms with Crippen molar-refractivity contribution in [2.45, 2.75) is 13.2 Å². The second kappa shape index (κ2) is 6.17. The zero-order valence-corrected chi connectivity index (χ0v) is 12.4. The molecule has 0 unspecified atom stereocenters. The Balaban J connectivity index is 1.66. The van der Waals surface area contributed by atoms with Crippen LogP contribution in [-0.2, 0) is 13.2 Å². The second-order valence-electron chi connectivity index (χ2n) is 4.30. The van der Waals surface area contributed by atoms with E-state index in [9.17, 15) is 0 Å². The summed E-state index contributed by atoms with van der Waals surface area (Å²) in [6, 6.07) is 9.93. The minimum Gasteiger partial charge on any atom is -0.487 e. The molecule has 5 heteroatoms. The van der Waals surface area contributed by atoms with Crippen LogP contribution in [0.25, 0.3) is 10.6 Å². The van der Waals surface area contributed by atoms with Gasteiger partial charge in [-0.3, -0.25) is 0 Å². The van der Waals surface area contributed by atoms with Crippen molar-refractivity contribution < 1.29 is 4.74 Å². The topological polar surface area (TPSA) is 48.1 Å². The van der Waals surface area contributed by atoms with Crippen LogP contribution in [0.15, 0.2) is 46.5 Å². The van der Waals surface area contributed by atoms with E-state index in [2.05, 4.69) is 21.8 Å². The van der Waals surface area contributed by atoms with Crippen LogP contribution in [0, 0.1) is 0 Å². The van der Waals surface area contributed by atoms with Crippen LogP contribution in [-0.4, -0.2) is 4.98 Å². The molecule has 0 bridgehead atoms. The molecule has 2 N–H and O–H groups in total. The van der Waals surface area contributed by atoms with Gasteiger partial charge in [-0.25, -0.2) is 4.98 Å². The predicted octanol–water partition coefficient (Wildman–Crippen LogP) is 3.91. The lowest BCUT2D eigenvalue weighted by Gasteiger charge is -2.05. The second-order valence-corrected chi connectivity index (χ2v) is 5.93. The molecule has 102 valence electrons. The first-order valence-corrected chi connectivity index (χ1v) is 8.06. The van der Waals surface area contributed by atoms with Crippen LogP contribution in [0.1, 0.15) is 11.3 Å². The fourth-order valence-electron chi connectivity index (χ4n) is 1.81. The van der Waals surface area contributed by atoms with E-state index < -0.39 is 0 Å². The first-order chi connectivity index (χ1) is 9.85. The van der Waals surface area contributed by atoms with Crippen LogP contribution in [0.5, 0.6) is 5.75 Å². The summed E-state index contributed by atoms with van der Waals surface area (Å²) in [4.78, 5) is 4.59.